The van der Waals surface area contributed by atoms with Crippen LogP contribution >= 0.6 is 11.6 Å². The molecule has 0 radical (unpaired) electrons. The highest BCUT2D eigenvalue weighted by Gasteiger charge is 2.33. The van der Waals surface area contributed by atoms with Gasteiger partial charge in [-0.1, -0.05) is 29.8 Å². The summed E-state index contributed by atoms with van der Waals surface area (Å²) >= 11 is 6.48. The summed E-state index contributed by atoms with van der Waals surface area (Å²) in [4.78, 5) is 14.1. The molecule has 2 saturated heterocycles. The molecule has 3 aromatic rings. The van der Waals surface area contributed by atoms with Crippen molar-refractivity contribution in [2.75, 3.05) is 64.1 Å². The number of para-hydroxylation sites is 1. The highest BCUT2D eigenvalue weighted by molar-refractivity contribution is 7.89. The zero-order chi connectivity index (χ0) is 30.8. The summed E-state index contributed by atoms with van der Waals surface area (Å²) < 4.78 is 34.0. The second kappa shape index (κ2) is 13.2. The van der Waals surface area contributed by atoms with Crippen LogP contribution in [0.2, 0.25) is 5.02 Å². The van der Waals surface area contributed by atoms with Crippen LogP contribution in [0.25, 0.3) is 0 Å². The Balaban J connectivity index is 1.23. The van der Waals surface area contributed by atoms with Crippen LogP contribution in [0.4, 0.5) is 23.1 Å². The molecule has 236 valence electrons. The third-order valence-electron chi connectivity index (χ3n) is 8.91. The maximum absolute atomic E-state index is 13.4. The third kappa shape index (κ3) is 6.51. The minimum Gasteiger partial charge on any atom is -0.494 e. The predicted octanol–water partition coefficient (Wildman–Crippen LogP) is 3.88. The van der Waals surface area contributed by atoms with E-state index in [1.165, 1.54) is 27.7 Å². The van der Waals surface area contributed by atoms with Gasteiger partial charge in [0.25, 0.3) is 0 Å². The van der Waals surface area contributed by atoms with E-state index in [2.05, 4.69) is 43.5 Å². The highest BCUT2D eigenvalue weighted by Crippen LogP contribution is 2.38. The summed E-state index contributed by atoms with van der Waals surface area (Å²) in [6, 6.07) is 11.3. The molecular weight excluding hydrogens is 602 g/mol. The third-order valence-corrected chi connectivity index (χ3v) is 11.1. The molecule has 0 saturated carbocycles. The molecule has 11 nitrogen and oxygen atoms in total. The van der Waals surface area contributed by atoms with Crippen LogP contribution in [0.1, 0.15) is 30.4 Å². The average molecular weight is 642 g/mol. The number of hydrogen-bond donors (Lipinski definition) is 3. The molecule has 1 aromatic heterocycles. The maximum atomic E-state index is 13.4. The molecular formula is C31H40ClN7O4S. The fourth-order valence-electron chi connectivity index (χ4n) is 6.46. The number of benzene rings is 2. The van der Waals surface area contributed by atoms with Crippen molar-refractivity contribution in [2.24, 2.45) is 0 Å². The second-order valence-corrected chi connectivity index (χ2v) is 14.1. The van der Waals surface area contributed by atoms with Crippen LogP contribution in [-0.2, 0) is 22.9 Å². The molecule has 3 N–H and O–H groups in total. The van der Waals surface area contributed by atoms with Crippen molar-refractivity contribution in [1.82, 2.24) is 24.1 Å². The lowest BCUT2D eigenvalue weighted by molar-refractivity contribution is 0.106. The molecule has 2 fully saturated rings. The molecule has 1 aliphatic carbocycles. The second-order valence-electron chi connectivity index (χ2n) is 11.8. The van der Waals surface area contributed by atoms with Crippen molar-refractivity contribution < 1.29 is 18.3 Å². The normalized spacial score (nSPS) is 21.9. The summed E-state index contributed by atoms with van der Waals surface area (Å²) in [6.45, 7) is 4.76. The van der Waals surface area contributed by atoms with Gasteiger partial charge in [-0.2, -0.15) is 9.29 Å². The van der Waals surface area contributed by atoms with Crippen LogP contribution in [-0.4, -0.2) is 103 Å². The van der Waals surface area contributed by atoms with Gasteiger partial charge in [0.05, 0.1) is 30.8 Å². The van der Waals surface area contributed by atoms with E-state index < -0.39 is 16.1 Å². The number of β-amino-alcohol motifs (C(OH)–C–C–N with tert-alkyl or cyclic N) is 1. The van der Waals surface area contributed by atoms with Crippen LogP contribution in [0, 0.1) is 0 Å². The number of aliphatic hydroxyl groups excluding tert-OH is 1. The van der Waals surface area contributed by atoms with Crippen molar-refractivity contribution in [3.8, 4) is 5.75 Å². The number of nitrogens with one attached hydrogen (secondary N) is 2. The number of sulfonamides is 1. The SMILES string of the molecule is COc1c(Nc2ncc(Cl)c(Nc3ccccc3S(=O)(=O)N3CC[C@@H](O)C3)n2)ccc2c1CCCC(N1CCN(C)CC1)C2. The maximum Gasteiger partial charge on any atom is 0.245 e. The van der Waals surface area contributed by atoms with Gasteiger partial charge in [-0.05, 0) is 68.5 Å². The monoisotopic (exact) mass is 641 g/mol. The Bertz CT molecular complexity index is 1600. The van der Waals surface area contributed by atoms with Crippen molar-refractivity contribution >= 4 is 44.8 Å². The Morgan fingerprint density at radius 3 is 2.57 bits per heavy atom. The molecule has 2 aromatic carbocycles. The molecule has 44 heavy (non-hydrogen) atoms. The summed E-state index contributed by atoms with van der Waals surface area (Å²) in [5, 5.41) is 16.6. The molecule has 1 unspecified atom stereocenters. The van der Waals surface area contributed by atoms with Gasteiger partial charge in [0.1, 0.15) is 15.7 Å². The minimum absolute atomic E-state index is 0.0676. The number of rotatable bonds is 8. The smallest absolute Gasteiger partial charge is 0.245 e. The van der Waals surface area contributed by atoms with Crippen molar-refractivity contribution in [3.63, 3.8) is 0 Å². The van der Waals surface area contributed by atoms with Crippen molar-refractivity contribution in [3.05, 3.63) is 58.7 Å². The first kappa shape index (κ1) is 31.0. The predicted molar refractivity (Wildman–Crippen MR) is 172 cm³/mol. The van der Waals surface area contributed by atoms with E-state index >= 15 is 0 Å². The lowest BCUT2D eigenvalue weighted by Crippen LogP contribution is -2.49. The van der Waals surface area contributed by atoms with Crippen LogP contribution in [0.5, 0.6) is 5.75 Å². The molecule has 3 heterocycles. The van der Waals surface area contributed by atoms with E-state index in [9.17, 15) is 13.5 Å². The van der Waals surface area contributed by atoms with Crippen LogP contribution in [0.3, 0.4) is 0 Å². The number of fused-ring (bicyclic) bond motifs is 1. The van der Waals surface area contributed by atoms with Crippen molar-refractivity contribution in [2.45, 2.75) is 49.1 Å². The van der Waals surface area contributed by atoms with E-state index in [1.54, 1.807) is 25.3 Å². The average Bonchev–Trinajstić information content (AvgIpc) is 3.35. The van der Waals surface area contributed by atoms with Gasteiger partial charge in [0.15, 0.2) is 5.82 Å². The van der Waals surface area contributed by atoms with Gasteiger partial charge in [0, 0.05) is 45.3 Å². The number of nitrogens with zero attached hydrogens (tertiary/aromatic N) is 5. The first-order valence-corrected chi connectivity index (χ1v) is 17.0. The lowest BCUT2D eigenvalue weighted by Gasteiger charge is -2.37. The molecule has 3 aliphatic rings. The van der Waals surface area contributed by atoms with Gasteiger partial charge >= 0.3 is 0 Å². The number of likely N-dealkylation sites (N-methyl/N-ethyl adjacent to an activating group) is 1. The summed E-state index contributed by atoms with van der Waals surface area (Å²) in [5.74, 6) is 1.35. The molecule has 6 rings (SSSR count). The van der Waals surface area contributed by atoms with Gasteiger partial charge in [0.2, 0.25) is 16.0 Å². The largest absolute Gasteiger partial charge is 0.494 e. The van der Waals surface area contributed by atoms with Gasteiger partial charge in [-0.15, -0.1) is 0 Å². The molecule has 0 bridgehead atoms. The highest BCUT2D eigenvalue weighted by atomic mass is 35.5. The number of hydrogen-bond acceptors (Lipinski definition) is 10. The molecule has 0 spiro atoms. The minimum atomic E-state index is -3.84. The van der Waals surface area contributed by atoms with Gasteiger partial charge in [-0.25, -0.2) is 13.4 Å². The molecule has 13 heteroatoms. The lowest BCUT2D eigenvalue weighted by atomic mass is 9.99. The number of anilines is 4. The summed E-state index contributed by atoms with van der Waals surface area (Å²) in [7, 11) is 0.0378. The van der Waals surface area contributed by atoms with Crippen molar-refractivity contribution in [1.29, 1.82) is 0 Å². The van der Waals surface area contributed by atoms with E-state index in [-0.39, 0.29) is 28.8 Å². The molecule has 2 atom stereocenters. The van der Waals surface area contributed by atoms with E-state index in [0.29, 0.717) is 24.1 Å². The number of methoxy groups -OCH3 is 1. The standard InChI is InChI=1S/C31H40ClN7O4S/c1-37-14-16-38(17-15-37)22-6-5-7-24-21(18-22)10-11-27(29(24)43-2)35-31-33-19-25(32)30(36-31)34-26-8-3-4-9-28(26)44(41,42)39-13-12-23(40)20-39/h3-4,8-11,19,22-23,40H,5-7,12-18,20H2,1-2H3,(H2,33,34,35,36)/t22?,23-/m1/s1. The van der Waals surface area contributed by atoms with E-state index in [4.69, 9.17) is 16.3 Å². The molecule has 2 aliphatic heterocycles. The fourth-order valence-corrected chi connectivity index (χ4v) is 8.24. The number of aliphatic hydroxyl groups is 1. The van der Waals surface area contributed by atoms with E-state index in [0.717, 1.165) is 63.3 Å². The quantitative estimate of drug-likeness (QED) is 0.312. The Labute approximate surface area is 264 Å². The Hall–Kier alpha value is -3.00. The van der Waals surface area contributed by atoms with Crippen LogP contribution < -0.4 is 15.4 Å². The number of aromatic nitrogens is 2. The number of halogens is 1. The van der Waals surface area contributed by atoms with Crippen LogP contribution in [0.15, 0.2) is 47.5 Å². The Kier molecular flexibility index (Phi) is 9.27. The Morgan fingerprint density at radius 1 is 1.02 bits per heavy atom. The molecule has 0 amide bonds. The van der Waals surface area contributed by atoms with Gasteiger partial charge < -0.3 is 25.4 Å². The zero-order valence-corrected chi connectivity index (χ0v) is 26.7. The number of piperazine rings is 1. The van der Waals surface area contributed by atoms with E-state index in [1.807, 2.05) is 6.07 Å². The van der Waals surface area contributed by atoms with Gasteiger partial charge in [-0.3, -0.25) is 4.90 Å². The Morgan fingerprint density at radius 2 is 1.82 bits per heavy atom. The fraction of sp³-hybridized carbons (Fsp3) is 0.484. The zero-order valence-electron chi connectivity index (χ0n) is 25.2. The topological polar surface area (TPSA) is 123 Å². The summed E-state index contributed by atoms with van der Waals surface area (Å²) in [6.07, 6.45) is 5.40. The summed E-state index contributed by atoms with van der Waals surface area (Å²) in [5.41, 5.74) is 3.62. The first-order chi connectivity index (χ1) is 21.2. The first-order valence-electron chi connectivity index (χ1n) is 15.2. The number of ether oxygens (including phenoxy) is 1.